The molecule has 34 heavy (non-hydrogen) atoms. The quantitative estimate of drug-likeness (QED) is 0.433. The average molecular weight is 491 g/mol. The van der Waals surface area contributed by atoms with E-state index in [9.17, 15) is 13.7 Å². The van der Waals surface area contributed by atoms with Crippen LogP contribution in [0.1, 0.15) is 13.8 Å². The van der Waals surface area contributed by atoms with Gasteiger partial charge in [-0.3, -0.25) is 0 Å². The van der Waals surface area contributed by atoms with Crippen LogP contribution in [0.15, 0.2) is 36.7 Å². The molecule has 4 rings (SSSR count). The predicted molar refractivity (Wildman–Crippen MR) is 131 cm³/mol. The molecule has 0 radical (unpaired) electrons. The highest BCUT2D eigenvalue weighted by molar-refractivity contribution is 8.02. The fourth-order valence-corrected chi connectivity index (χ4v) is 4.19. The summed E-state index contributed by atoms with van der Waals surface area (Å²) in [4.78, 5) is 9.45. The van der Waals surface area contributed by atoms with E-state index < -0.39 is 27.7 Å². The first-order chi connectivity index (χ1) is 16.2. The lowest BCUT2D eigenvalue weighted by Crippen LogP contribution is -2.30. The Bertz CT molecular complexity index is 1340. The van der Waals surface area contributed by atoms with Gasteiger partial charge in [0, 0.05) is 28.1 Å². The molecule has 3 N–H and O–H groups in total. The molecule has 1 aromatic heterocycles. The molecule has 1 saturated heterocycles. The highest BCUT2D eigenvalue weighted by atomic mass is 32.2. The summed E-state index contributed by atoms with van der Waals surface area (Å²) in [6.45, 7) is 3.96. The Kier molecular flexibility index (Phi) is 6.78. The third-order valence-corrected chi connectivity index (χ3v) is 7.67. The second kappa shape index (κ2) is 9.61. The number of anilines is 3. The SMILES string of the molecule is COc1cc(NS(C)(=O)=C(C)C)cc2ncnc(Nc3ccc(F)cc3OC3COCC3O)c12. The summed E-state index contributed by atoms with van der Waals surface area (Å²) in [7, 11) is -0.892. The van der Waals surface area contributed by atoms with Gasteiger partial charge in [0.25, 0.3) is 0 Å². The van der Waals surface area contributed by atoms with Gasteiger partial charge in [0.2, 0.25) is 0 Å². The van der Waals surface area contributed by atoms with E-state index in [4.69, 9.17) is 14.2 Å². The summed E-state index contributed by atoms with van der Waals surface area (Å²) in [6, 6.07) is 7.52. The van der Waals surface area contributed by atoms with Crippen LogP contribution in [0.25, 0.3) is 10.9 Å². The van der Waals surface area contributed by atoms with Gasteiger partial charge in [-0.05, 0) is 36.9 Å². The normalized spacial score (nSPS) is 19.5. The maximum Gasteiger partial charge on any atom is 0.150 e. The minimum absolute atomic E-state index is 0.159. The van der Waals surface area contributed by atoms with Gasteiger partial charge in [-0.15, -0.1) is 0 Å². The molecule has 0 amide bonds. The van der Waals surface area contributed by atoms with Crippen LogP contribution < -0.4 is 19.5 Å². The number of hydrogen-bond donors (Lipinski definition) is 3. The second-order valence-electron chi connectivity index (χ2n) is 8.18. The van der Waals surface area contributed by atoms with Crippen molar-refractivity contribution in [1.82, 2.24) is 9.97 Å². The van der Waals surface area contributed by atoms with Crippen molar-refractivity contribution in [3.05, 3.63) is 42.5 Å². The van der Waals surface area contributed by atoms with Crippen LogP contribution in [0, 0.1) is 5.82 Å². The van der Waals surface area contributed by atoms with Crippen molar-refractivity contribution < 1.29 is 27.9 Å². The first kappa shape index (κ1) is 24.0. The van der Waals surface area contributed by atoms with Gasteiger partial charge in [-0.2, -0.15) is 0 Å². The fourth-order valence-electron chi connectivity index (χ4n) is 3.42. The Morgan fingerprint density at radius 1 is 1.21 bits per heavy atom. The van der Waals surface area contributed by atoms with Crippen molar-refractivity contribution in [2.75, 3.05) is 36.6 Å². The minimum atomic E-state index is -2.41. The zero-order valence-electron chi connectivity index (χ0n) is 19.3. The highest BCUT2D eigenvalue weighted by Crippen LogP contribution is 2.37. The van der Waals surface area contributed by atoms with Gasteiger partial charge < -0.3 is 29.4 Å². The number of ether oxygens (including phenoxy) is 3. The molecule has 2 aromatic carbocycles. The lowest BCUT2D eigenvalue weighted by atomic mass is 10.2. The van der Waals surface area contributed by atoms with E-state index in [0.717, 1.165) is 4.86 Å². The second-order valence-corrected chi connectivity index (χ2v) is 10.9. The maximum absolute atomic E-state index is 14.0. The molecule has 1 fully saturated rings. The molecule has 3 aromatic rings. The van der Waals surface area contributed by atoms with E-state index in [1.807, 2.05) is 0 Å². The summed E-state index contributed by atoms with van der Waals surface area (Å²) in [6.07, 6.45) is 1.59. The molecule has 0 saturated carbocycles. The number of aliphatic hydroxyl groups is 1. The molecule has 0 bridgehead atoms. The lowest BCUT2D eigenvalue weighted by Gasteiger charge is -2.19. The molecule has 1 aliphatic rings. The van der Waals surface area contributed by atoms with Crippen LogP contribution in [0.3, 0.4) is 0 Å². The molecule has 0 aliphatic carbocycles. The van der Waals surface area contributed by atoms with E-state index in [0.29, 0.717) is 33.8 Å². The van der Waals surface area contributed by atoms with Gasteiger partial charge in [-0.25, -0.2) is 18.6 Å². The number of fused-ring (bicyclic) bond motifs is 1. The van der Waals surface area contributed by atoms with Gasteiger partial charge in [0.05, 0.1) is 42.6 Å². The zero-order valence-corrected chi connectivity index (χ0v) is 20.1. The summed E-state index contributed by atoms with van der Waals surface area (Å²) in [5.74, 6) is 0.582. The van der Waals surface area contributed by atoms with Crippen molar-refractivity contribution in [3.63, 3.8) is 0 Å². The Labute approximate surface area is 197 Å². The van der Waals surface area contributed by atoms with E-state index in [1.54, 1.807) is 32.2 Å². The van der Waals surface area contributed by atoms with Crippen molar-refractivity contribution in [3.8, 4) is 11.5 Å². The number of hydrogen-bond acceptors (Lipinski definition) is 8. The van der Waals surface area contributed by atoms with Crippen LogP contribution in [0.5, 0.6) is 11.5 Å². The molecule has 182 valence electrons. The van der Waals surface area contributed by atoms with Crippen LogP contribution in [0.4, 0.5) is 21.6 Å². The topological polar surface area (TPSA) is 115 Å². The van der Waals surface area contributed by atoms with E-state index in [1.165, 1.54) is 31.6 Å². The first-order valence-corrected chi connectivity index (χ1v) is 12.5. The molecule has 9 nitrogen and oxygen atoms in total. The summed E-state index contributed by atoms with van der Waals surface area (Å²) < 4.78 is 46.5. The summed E-state index contributed by atoms with van der Waals surface area (Å²) in [5.41, 5.74) is 1.58. The lowest BCUT2D eigenvalue weighted by molar-refractivity contribution is 0.0736. The van der Waals surface area contributed by atoms with Gasteiger partial charge >= 0.3 is 0 Å². The Morgan fingerprint density at radius 2 is 2.00 bits per heavy atom. The van der Waals surface area contributed by atoms with Gasteiger partial charge in [0.1, 0.15) is 35.6 Å². The maximum atomic E-state index is 14.0. The van der Waals surface area contributed by atoms with E-state index >= 15 is 0 Å². The monoisotopic (exact) mass is 490 g/mol. The van der Waals surface area contributed by atoms with Crippen LogP contribution in [-0.2, 0) is 14.4 Å². The van der Waals surface area contributed by atoms with Gasteiger partial charge in [-0.1, -0.05) is 0 Å². The molecule has 1 aliphatic heterocycles. The largest absolute Gasteiger partial charge is 0.496 e. The predicted octanol–water partition coefficient (Wildman–Crippen LogP) is 3.11. The molecule has 2 heterocycles. The molecular weight excluding hydrogens is 463 g/mol. The number of rotatable bonds is 7. The Hall–Kier alpha value is -3.15. The third-order valence-electron chi connectivity index (χ3n) is 5.49. The van der Waals surface area contributed by atoms with Crippen LogP contribution in [0.2, 0.25) is 0 Å². The fraction of sp³-hybridized carbons (Fsp3) is 0.348. The van der Waals surface area contributed by atoms with Crippen LogP contribution in [-0.4, -0.2) is 62.9 Å². The molecular formula is C23H27FN4O5S. The molecule has 3 atom stereocenters. The summed E-state index contributed by atoms with van der Waals surface area (Å²) in [5, 5.41) is 13.8. The van der Waals surface area contributed by atoms with E-state index in [-0.39, 0.29) is 19.0 Å². The number of methoxy groups -OCH3 is 1. The van der Waals surface area contributed by atoms with Crippen LogP contribution >= 0.6 is 0 Å². The smallest absolute Gasteiger partial charge is 0.150 e. The average Bonchev–Trinajstić information content (AvgIpc) is 3.19. The zero-order chi connectivity index (χ0) is 24.5. The number of nitrogens with one attached hydrogen (secondary N) is 2. The first-order valence-electron chi connectivity index (χ1n) is 10.6. The molecule has 0 spiro atoms. The minimum Gasteiger partial charge on any atom is -0.496 e. The van der Waals surface area contributed by atoms with Crippen molar-refractivity contribution in [2.45, 2.75) is 26.1 Å². The third kappa shape index (κ3) is 5.01. The Balaban J connectivity index is 1.73. The molecule has 3 unspecified atom stereocenters. The number of aliphatic hydroxyl groups excluding tert-OH is 1. The van der Waals surface area contributed by atoms with Crippen molar-refractivity contribution >= 4 is 42.7 Å². The highest BCUT2D eigenvalue weighted by Gasteiger charge is 2.29. The number of halogens is 1. The number of aromatic nitrogens is 2. The van der Waals surface area contributed by atoms with Gasteiger partial charge in [0.15, 0.2) is 6.10 Å². The standard InChI is InChI=1S/C23H27FN4O5S/c1-13(2)34(4,30)28-15-8-17-22(20(9-15)31-3)23(26-12-25-17)27-16-6-5-14(24)7-19(16)33-21-11-32-10-18(21)29/h5-9,12,18,21,29H,10-11H2,1-4H3,(H,28,30)(H,25,26,27). The van der Waals surface area contributed by atoms with Crippen molar-refractivity contribution in [1.29, 1.82) is 0 Å². The number of nitrogens with zero attached hydrogens (tertiary/aromatic N) is 2. The molecule has 11 heteroatoms. The number of benzene rings is 2. The summed E-state index contributed by atoms with van der Waals surface area (Å²) >= 11 is 0. The Morgan fingerprint density at radius 3 is 2.68 bits per heavy atom. The van der Waals surface area contributed by atoms with E-state index in [2.05, 4.69) is 20.0 Å². The van der Waals surface area contributed by atoms with Crippen molar-refractivity contribution in [2.24, 2.45) is 0 Å².